The number of esters is 1. The fraction of sp³-hybridized carbons (Fsp3) is 0.568. The zero-order chi connectivity index (χ0) is 100. The van der Waals surface area contributed by atoms with E-state index in [1.807, 2.05) is 97.8 Å². The Morgan fingerprint density at radius 3 is 1.09 bits per heavy atom. The minimum Gasteiger partial charge on any atom is -0.464 e. The van der Waals surface area contributed by atoms with Crippen LogP contribution in [0.4, 0.5) is 60.4 Å². The number of aromatic nitrogens is 10. The first-order valence-electron chi connectivity index (χ1n) is 45.0. The van der Waals surface area contributed by atoms with Crippen LogP contribution in [0.15, 0.2) is 88.5 Å². The smallest absolute Gasteiger partial charge is 0.464 e. The highest BCUT2D eigenvalue weighted by Crippen LogP contribution is 2.44. The number of methoxy groups -OCH3 is 1. The monoisotopic (exact) mass is 2070 g/mol. The van der Waals surface area contributed by atoms with Crippen molar-refractivity contribution in [2.75, 3.05) is 28.8 Å². The summed E-state index contributed by atoms with van der Waals surface area (Å²) in [7, 11) is -4.54. The van der Waals surface area contributed by atoms with E-state index in [1.165, 1.54) is 31.4 Å². The number of amides is 4. The molecule has 9 aromatic rings. The van der Waals surface area contributed by atoms with Crippen LogP contribution >= 0.6 is 58.0 Å². The van der Waals surface area contributed by atoms with Gasteiger partial charge in [0.15, 0.2) is 0 Å². The molecule has 0 aliphatic carbocycles. The molecule has 0 aromatic carbocycles. The Balaban J connectivity index is 0.000000194. The number of ether oxygens (including phenoxy) is 6. The summed E-state index contributed by atoms with van der Waals surface area (Å²) in [5.41, 5.74) is 5.74. The number of hydrogen-bond acceptors (Lipinski definition) is 29. The number of nitrogens with zero attached hydrogens (tertiary/aromatic N) is 12. The molecule has 0 spiro atoms. The van der Waals surface area contributed by atoms with Crippen LogP contribution in [0.2, 0.25) is 25.8 Å². The van der Waals surface area contributed by atoms with Crippen molar-refractivity contribution in [2.45, 2.75) is 342 Å². The van der Waals surface area contributed by atoms with Crippen LogP contribution < -0.4 is 42.7 Å². The third-order valence-corrected chi connectivity index (χ3v) is 25.4. The lowest BCUT2D eigenvalue weighted by molar-refractivity contribution is -0.0501. The number of nitrogen functional groups attached to an aromatic ring is 1. The molecule has 9 aromatic heterocycles. The Labute approximate surface area is 837 Å². The molecule has 768 valence electrons. The molecule has 45 heteroatoms. The number of hydrogen-bond donors (Lipinski definition) is 7. The molecule has 9 N–H and O–H groups in total. The van der Waals surface area contributed by atoms with E-state index < -0.39 is 61.6 Å². The fourth-order valence-electron chi connectivity index (χ4n) is 18.3. The summed E-state index contributed by atoms with van der Waals surface area (Å²) in [5, 5.41) is 18.0. The molecule has 4 amide bonds. The second-order valence-corrected chi connectivity index (χ2v) is 43.4. The summed E-state index contributed by atoms with van der Waals surface area (Å²) < 4.78 is 97.8. The Morgan fingerprint density at radius 2 is 0.743 bits per heavy atom. The third-order valence-electron chi connectivity index (χ3n) is 23.4. The summed E-state index contributed by atoms with van der Waals surface area (Å²) in [5.74, 6) is 0.700. The van der Waals surface area contributed by atoms with Crippen molar-refractivity contribution >= 4 is 171 Å². The van der Waals surface area contributed by atoms with E-state index in [-0.39, 0.29) is 140 Å². The Kier molecular flexibility index (Phi) is 36.4. The highest BCUT2D eigenvalue weighted by atomic mass is 35.5. The fourth-order valence-corrected chi connectivity index (χ4v) is 19.7. The van der Waals surface area contributed by atoms with E-state index in [2.05, 4.69) is 65.1 Å². The number of carbonyl (C=O) groups excluding carboxylic acids is 6. The van der Waals surface area contributed by atoms with Crippen molar-refractivity contribution in [1.82, 2.24) is 69.3 Å². The lowest BCUT2D eigenvalue weighted by atomic mass is 9.97. The van der Waals surface area contributed by atoms with Crippen molar-refractivity contribution in [2.24, 2.45) is 5.73 Å². The van der Waals surface area contributed by atoms with Gasteiger partial charge in [-0.3, -0.25) is 9.59 Å². The van der Waals surface area contributed by atoms with Crippen LogP contribution in [-0.4, -0.2) is 227 Å². The molecule has 4 unspecified atom stereocenters. The van der Waals surface area contributed by atoms with Gasteiger partial charge in [-0.1, -0.05) is 80.3 Å². The molecule has 17 heterocycles. The second-order valence-electron chi connectivity index (χ2n) is 40.0. The second kappa shape index (κ2) is 45.2. The summed E-state index contributed by atoms with van der Waals surface area (Å²) in [6.07, 6.45) is 12.7. The largest absolute Gasteiger partial charge is 0.534 e. The molecule has 17 rings (SSSR count). The highest BCUT2D eigenvalue weighted by molar-refractivity contribution is 7.88. The lowest BCUT2D eigenvalue weighted by Gasteiger charge is -2.39. The topological polar surface area (TPSA) is 463 Å². The van der Waals surface area contributed by atoms with Gasteiger partial charge in [-0.2, -0.15) is 26.3 Å². The van der Waals surface area contributed by atoms with Crippen molar-refractivity contribution in [3.8, 4) is 5.88 Å². The minimum absolute atomic E-state index is 0. The molecule has 8 aliphatic rings. The first-order chi connectivity index (χ1) is 63.8. The van der Waals surface area contributed by atoms with E-state index in [1.54, 1.807) is 81.1 Å². The molecule has 8 bridgehead atoms. The summed E-state index contributed by atoms with van der Waals surface area (Å²) in [4.78, 5) is 134. The first kappa shape index (κ1) is 113. The number of alkyl halides is 3. The molecule has 0 saturated carbocycles. The van der Waals surface area contributed by atoms with Gasteiger partial charge >= 0.3 is 52.1 Å². The average molecular weight is 2080 g/mol. The van der Waals surface area contributed by atoms with Gasteiger partial charge in [0, 0.05) is 136 Å². The number of piperidine rings is 4. The number of aromatic amines is 2. The van der Waals surface area contributed by atoms with Crippen molar-refractivity contribution in [1.29, 1.82) is 0 Å². The number of halogens is 8. The van der Waals surface area contributed by atoms with Gasteiger partial charge in [0.05, 0.1) is 29.2 Å². The van der Waals surface area contributed by atoms with Gasteiger partial charge < -0.3 is 89.6 Å². The van der Waals surface area contributed by atoms with Gasteiger partial charge in [0.25, 0.3) is 0 Å². The maximum Gasteiger partial charge on any atom is 0.534 e. The minimum atomic E-state index is -5.86. The SMILES string of the molecule is C.C.C.CC(C)(C)OC(=O)N1[C@@H]2CC[C@H]1CC(N)C2.CC(C)(C)OC(=O)N1[C@@H]2CC[C@H]1CC(Nc1nc(Cl)cc3[nH]c(=O)ccc13)C2.CC(C)(C)OC(=O)N1[C@@H]2CC[C@H]1CC(Nc1nc(Cl)cc3nc(OS(=O)(=O)C(F)(F)F)ccc13)C2.COC(=O)c1ccc2c(NC3C[C@H]4CC[C@@H](C3)N4C(=O)OC(C)(C)C)nc(Cl)cc2n1.Cc1cc(N)nn1C(=O)OC(C)(C)C.O=c1ccc2c(Cl)nc(Cl)cc2[nH]1. The summed E-state index contributed by atoms with van der Waals surface area (Å²) in [6, 6.07) is 21.5. The van der Waals surface area contributed by atoms with Crippen LogP contribution in [0.25, 0.3) is 43.6 Å². The number of aryl methyl sites for hydroxylation is 1. The molecule has 8 aliphatic heterocycles. The van der Waals surface area contributed by atoms with Crippen LogP contribution in [0.1, 0.15) is 245 Å². The van der Waals surface area contributed by atoms with E-state index in [9.17, 15) is 59.9 Å². The molecule has 36 nitrogen and oxygen atoms in total. The number of pyridine rings is 8. The van der Waals surface area contributed by atoms with Crippen molar-refractivity contribution in [3.63, 3.8) is 0 Å². The normalized spacial score (nSPS) is 21.7. The van der Waals surface area contributed by atoms with Crippen LogP contribution in [-0.2, 0) is 38.5 Å². The van der Waals surface area contributed by atoms with Crippen LogP contribution in [0.3, 0.4) is 0 Å². The molecular formula is C95H129Cl5F3N19O17S. The van der Waals surface area contributed by atoms with E-state index >= 15 is 0 Å². The zero-order valence-corrected chi connectivity index (χ0v) is 83.7. The number of anilines is 4. The van der Waals surface area contributed by atoms with Gasteiger partial charge in [0.2, 0.25) is 17.0 Å². The predicted molar refractivity (Wildman–Crippen MR) is 536 cm³/mol. The predicted octanol–water partition coefficient (Wildman–Crippen LogP) is 20.8. The van der Waals surface area contributed by atoms with Gasteiger partial charge in [-0.25, -0.2) is 58.7 Å². The molecule has 8 fully saturated rings. The third kappa shape index (κ3) is 29.5. The number of rotatable bonds is 9. The standard InChI is InChI=1S/C22H27ClN4O4.C21H24ClF3N4O5S.C20H25ClN4O3.C12H22N2O2.C9H15N3O2.C8H4Cl2N2O.3CH4/c1-22(2,3)31-21(29)27-13-5-6-14(27)10-12(9-13)24-19-15-7-8-16(20(28)30-4)25-17(15)11-18(23)26-19;1-20(2,3)33-19(30)29-12-4-5-13(29)9-11(8-12)26-18-14-6-7-17(27-15(14)10-16(22)28-18)34-35(31,32)21(23,24)25;1-20(2,3)28-19(27)25-12-4-5-13(25)9-11(8-12)22-18-14-6-7-17(26)23-15(14)10-16(21)24-18;1-12(2,3)16-11(15)14-9-4-5-10(14)7-8(13)6-9;1-6-5-7(10)11-12(6)8(13)14-9(2,3)4;9-6-3-5-4(8(10)12-6)1-2-7(13)11-5;;;/h7-8,11-14H,5-6,9-10H2,1-4H3,(H,24,26);6-7,10-13H,4-5,8-9H2,1-3H3,(H,26,28);6-7,10-13H,4-5,8-9H2,1-3H3,(H,22,24)(H,23,26);8-10H,4-7,13H2,1-3H3;5H,1-4H3,(H2,10,11);1-3H,(H,11,13);3*1H4/t12?,13-,14+;2*11?,12-,13+;8?,9-,10+;;;;;. The number of carbonyl (C=O) groups is 6. The van der Waals surface area contributed by atoms with Crippen LogP contribution in [0, 0.1) is 6.92 Å². The Bertz CT molecular complexity index is 6170. The molecule has 0 radical (unpaired) electrons. The maximum atomic E-state index is 12.7. The molecule has 8 saturated heterocycles. The van der Waals surface area contributed by atoms with Crippen molar-refractivity contribution in [3.05, 3.63) is 137 Å². The van der Waals surface area contributed by atoms with Gasteiger partial charge in [-0.05, 0) is 256 Å². The zero-order valence-electron chi connectivity index (χ0n) is 79.1. The van der Waals surface area contributed by atoms with Gasteiger partial charge in [0.1, 0.15) is 82.7 Å². The molecule has 12 atom stereocenters. The Hall–Kier alpha value is -10.8. The molecular weight excluding hydrogens is 1950 g/mol. The number of fused-ring (bicyclic) bond motifs is 12. The lowest BCUT2D eigenvalue weighted by Crippen LogP contribution is -2.51. The summed E-state index contributed by atoms with van der Waals surface area (Å²) >= 11 is 29.9. The Morgan fingerprint density at radius 1 is 0.429 bits per heavy atom. The number of nitrogens with two attached hydrogens (primary N) is 2. The first-order valence-corrected chi connectivity index (χ1v) is 48.3. The highest BCUT2D eigenvalue weighted by Gasteiger charge is 2.51. The quantitative estimate of drug-likeness (QED) is 0.0232. The maximum absolute atomic E-state index is 12.7. The summed E-state index contributed by atoms with van der Waals surface area (Å²) in [6.45, 7) is 29.6. The van der Waals surface area contributed by atoms with Crippen molar-refractivity contribution < 1.29 is 83.0 Å². The van der Waals surface area contributed by atoms with Crippen LogP contribution in [0.5, 0.6) is 5.88 Å². The van der Waals surface area contributed by atoms with E-state index in [0.29, 0.717) is 96.7 Å². The average Bonchev–Trinajstić information content (AvgIpc) is 1.59. The van der Waals surface area contributed by atoms with Gasteiger partial charge in [-0.15, -0.1) is 5.10 Å². The van der Waals surface area contributed by atoms with E-state index in [4.69, 9.17) is 97.9 Å². The number of nitrogens with one attached hydrogen (secondary N) is 5. The number of H-pyrrole nitrogens is 2. The molecule has 140 heavy (non-hydrogen) atoms. The van der Waals surface area contributed by atoms with E-state index in [0.717, 1.165) is 111 Å².